The monoisotopic (exact) mass is 384 g/mol. The number of benzene rings is 1. The van der Waals surface area contributed by atoms with E-state index < -0.39 is 12.0 Å². The van der Waals surface area contributed by atoms with Crippen LogP contribution in [0.15, 0.2) is 24.3 Å². The molecular formula is C19H26ClFN2O3. The molecule has 1 saturated heterocycles. The average Bonchev–Trinajstić information content (AvgIpc) is 2.96. The molecule has 2 N–H and O–H groups in total. The van der Waals surface area contributed by atoms with Crippen molar-refractivity contribution in [3.63, 3.8) is 0 Å². The largest absolute Gasteiger partial charge is 0.480 e. The molecule has 1 aliphatic heterocycles. The van der Waals surface area contributed by atoms with Crippen LogP contribution in [-0.4, -0.2) is 47.1 Å². The van der Waals surface area contributed by atoms with Gasteiger partial charge in [0, 0.05) is 12.6 Å². The zero-order valence-corrected chi connectivity index (χ0v) is 15.5. The number of carboxylic acids is 1. The second kappa shape index (κ2) is 9.33. The molecule has 0 aromatic heterocycles. The van der Waals surface area contributed by atoms with E-state index in [4.69, 9.17) is 0 Å². The van der Waals surface area contributed by atoms with Crippen LogP contribution >= 0.6 is 12.4 Å². The molecule has 0 bridgehead atoms. The van der Waals surface area contributed by atoms with Gasteiger partial charge in [-0.1, -0.05) is 25.0 Å². The Hall–Kier alpha value is -1.66. The Bertz CT molecular complexity index is 626. The molecule has 1 aromatic carbocycles. The molecule has 3 atom stereocenters. The highest BCUT2D eigenvalue weighted by atomic mass is 35.5. The summed E-state index contributed by atoms with van der Waals surface area (Å²) in [6.45, 7) is 0.603. The third kappa shape index (κ3) is 4.95. The Labute approximate surface area is 159 Å². The van der Waals surface area contributed by atoms with Gasteiger partial charge in [0.1, 0.15) is 11.9 Å². The third-order valence-electron chi connectivity index (χ3n) is 5.48. The summed E-state index contributed by atoms with van der Waals surface area (Å²) in [4.78, 5) is 25.7. The summed E-state index contributed by atoms with van der Waals surface area (Å²) in [5.41, 5.74) is 0.957. The van der Waals surface area contributed by atoms with Gasteiger partial charge >= 0.3 is 5.97 Å². The van der Waals surface area contributed by atoms with Crippen LogP contribution in [0.5, 0.6) is 0 Å². The number of nitrogens with one attached hydrogen (secondary N) is 1. The maximum Gasteiger partial charge on any atom is 0.320 e. The van der Waals surface area contributed by atoms with Crippen molar-refractivity contribution in [2.24, 2.45) is 5.92 Å². The Kier molecular flexibility index (Phi) is 7.41. The van der Waals surface area contributed by atoms with Crippen LogP contribution in [0.2, 0.25) is 0 Å². The maximum absolute atomic E-state index is 12.9. The summed E-state index contributed by atoms with van der Waals surface area (Å²) in [5, 5.41) is 12.3. The summed E-state index contributed by atoms with van der Waals surface area (Å²) in [6.07, 6.45) is 5.60. The molecule has 3 unspecified atom stereocenters. The van der Waals surface area contributed by atoms with Gasteiger partial charge in [-0.05, 0) is 49.3 Å². The number of hydrogen-bond donors (Lipinski definition) is 2. The van der Waals surface area contributed by atoms with E-state index in [1.165, 1.54) is 12.1 Å². The van der Waals surface area contributed by atoms with Gasteiger partial charge in [0.2, 0.25) is 5.91 Å². The van der Waals surface area contributed by atoms with E-state index in [0.717, 1.165) is 31.2 Å². The number of hydrogen-bond acceptors (Lipinski definition) is 3. The van der Waals surface area contributed by atoms with Crippen molar-refractivity contribution in [3.8, 4) is 0 Å². The fraction of sp³-hybridized carbons (Fsp3) is 0.579. The number of rotatable bonds is 6. The number of nitrogens with zero attached hydrogens (tertiary/aromatic N) is 1. The zero-order valence-electron chi connectivity index (χ0n) is 14.7. The standard InChI is InChI=1S/C19H25FN2O3.ClH/c20-15-7-5-13(6-8-15)9-10-21-18(23)12-22-16-4-2-1-3-14(16)11-17(22)19(24)25;/h5-8,14,16-17H,1-4,9-12H2,(H,21,23)(H,24,25);1H. The molecule has 1 aliphatic carbocycles. The number of carboxylic acid groups (broad SMARTS) is 1. The van der Waals surface area contributed by atoms with Crippen LogP contribution < -0.4 is 5.32 Å². The first kappa shape index (κ1) is 20.6. The molecule has 144 valence electrons. The first-order valence-electron chi connectivity index (χ1n) is 9.04. The van der Waals surface area contributed by atoms with Crippen molar-refractivity contribution < 1.29 is 19.1 Å². The lowest BCUT2D eigenvalue weighted by Crippen LogP contribution is -2.47. The van der Waals surface area contributed by atoms with Crippen LogP contribution in [-0.2, 0) is 16.0 Å². The fourth-order valence-electron chi connectivity index (χ4n) is 4.24. The summed E-state index contributed by atoms with van der Waals surface area (Å²) in [7, 11) is 0. The highest BCUT2D eigenvalue weighted by Gasteiger charge is 2.45. The molecule has 0 radical (unpaired) electrons. The van der Waals surface area contributed by atoms with Gasteiger partial charge in [-0.2, -0.15) is 0 Å². The number of fused-ring (bicyclic) bond motifs is 1. The first-order chi connectivity index (χ1) is 12.0. The minimum Gasteiger partial charge on any atom is -0.480 e. The summed E-state index contributed by atoms with van der Waals surface area (Å²) in [6, 6.07) is 5.89. The van der Waals surface area contributed by atoms with E-state index in [1.54, 1.807) is 12.1 Å². The predicted octanol–water partition coefficient (Wildman–Crippen LogP) is 2.62. The summed E-state index contributed by atoms with van der Waals surface area (Å²) >= 11 is 0. The SMILES string of the molecule is Cl.O=C(CN1C(C(=O)O)CC2CCCCC21)NCCc1ccc(F)cc1. The molecule has 0 spiro atoms. The number of carbonyl (C=O) groups is 2. The van der Waals surface area contributed by atoms with Crippen LogP contribution in [0.3, 0.4) is 0 Å². The van der Waals surface area contributed by atoms with Gasteiger partial charge in [0.05, 0.1) is 6.54 Å². The van der Waals surface area contributed by atoms with Gasteiger partial charge in [-0.3, -0.25) is 14.5 Å². The van der Waals surface area contributed by atoms with E-state index >= 15 is 0 Å². The van der Waals surface area contributed by atoms with Crippen molar-refractivity contribution in [3.05, 3.63) is 35.6 Å². The smallest absolute Gasteiger partial charge is 0.320 e. The van der Waals surface area contributed by atoms with E-state index in [9.17, 15) is 19.1 Å². The number of halogens is 2. The third-order valence-corrected chi connectivity index (χ3v) is 5.48. The number of amides is 1. The molecule has 26 heavy (non-hydrogen) atoms. The molecular weight excluding hydrogens is 359 g/mol. The molecule has 5 nitrogen and oxygen atoms in total. The Morgan fingerprint density at radius 3 is 2.58 bits per heavy atom. The van der Waals surface area contributed by atoms with Crippen molar-refractivity contribution in [1.82, 2.24) is 10.2 Å². The minimum absolute atomic E-state index is 0. The van der Waals surface area contributed by atoms with E-state index in [1.807, 2.05) is 4.90 Å². The first-order valence-corrected chi connectivity index (χ1v) is 9.04. The van der Waals surface area contributed by atoms with Crippen LogP contribution in [0, 0.1) is 11.7 Å². The minimum atomic E-state index is -0.825. The maximum atomic E-state index is 12.9. The van der Waals surface area contributed by atoms with Crippen LogP contribution in [0.25, 0.3) is 0 Å². The Morgan fingerprint density at radius 1 is 1.19 bits per heavy atom. The molecule has 3 rings (SSSR count). The van der Waals surface area contributed by atoms with Crippen LogP contribution in [0.1, 0.15) is 37.7 Å². The topological polar surface area (TPSA) is 69.6 Å². The van der Waals surface area contributed by atoms with Crippen molar-refractivity contribution in [2.45, 2.75) is 50.6 Å². The molecule has 1 aromatic rings. The highest BCUT2D eigenvalue weighted by molar-refractivity contribution is 5.85. The summed E-state index contributed by atoms with van der Waals surface area (Å²) < 4.78 is 12.9. The predicted molar refractivity (Wildman–Crippen MR) is 98.9 cm³/mol. The lowest BCUT2D eigenvalue weighted by molar-refractivity contribution is -0.143. The van der Waals surface area contributed by atoms with Crippen molar-refractivity contribution >= 4 is 24.3 Å². The Balaban J connectivity index is 0.00000243. The molecule has 1 amide bonds. The Morgan fingerprint density at radius 2 is 1.88 bits per heavy atom. The number of carbonyl (C=O) groups excluding carboxylic acids is 1. The quantitative estimate of drug-likeness (QED) is 0.791. The van der Waals surface area contributed by atoms with Gasteiger partial charge in [-0.25, -0.2) is 4.39 Å². The number of likely N-dealkylation sites (tertiary alicyclic amines) is 1. The van der Waals surface area contributed by atoms with Crippen molar-refractivity contribution in [1.29, 1.82) is 0 Å². The van der Waals surface area contributed by atoms with Gasteiger partial charge in [0.25, 0.3) is 0 Å². The van der Waals surface area contributed by atoms with Gasteiger partial charge in [0.15, 0.2) is 0 Å². The van der Waals surface area contributed by atoms with E-state index in [0.29, 0.717) is 25.3 Å². The molecule has 1 saturated carbocycles. The molecule has 2 aliphatic rings. The van der Waals surface area contributed by atoms with Crippen LogP contribution in [0.4, 0.5) is 4.39 Å². The van der Waals surface area contributed by atoms with Gasteiger partial charge < -0.3 is 10.4 Å². The average molecular weight is 385 g/mol. The summed E-state index contributed by atoms with van der Waals surface area (Å²) in [5.74, 6) is -0.835. The second-order valence-electron chi connectivity index (χ2n) is 7.10. The molecule has 1 heterocycles. The lowest BCUT2D eigenvalue weighted by Gasteiger charge is -2.32. The van der Waals surface area contributed by atoms with Crippen molar-refractivity contribution in [2.75, 3.05) is 13.1 Å². The number of aliphatic carboxylic acids is 1. The molecule has 2 fully saturated rings. The lowest BCUT2D eigenvalue weighted by atomic mass is 9.85. The van der Waals surface area contributed by atoms with Gasteiger partial charge in [-0.15, -0.1) is 12.4 Å². The highest BCUT2D eigenvalue weighted by Crippen LogP contribution is 2.39. The van der Waals surface area contributed by atoms with E-state index in [-0.39, 0.29) is 36.7 Å². The fourth-order valence-corrected chi connectivity index (χ4v) is 4.24. The normalized spacial score (nSPS) is 25.2. The second-order valence-corrected chi connectivity index (χ2v) is 7.10. The zero-order chi connectivity index (χ0) is 17.8. The molecule has 7 heteroatoms. The van der Waals surface area contributed by atoms with E-state index in [2.05, 4.69) is 5.32 Å².